The van der Waals surface area contributed by atoms with Crippen LogP contribution in [0.1, 0.15) is 30.2 Å². The number of thiophene rings is 1. The highest BCUT2D eigenvalue weighted by Gasteiger charge is 2.23. The Labute approximate surface area is 143 Å². The second kappa shape index (κ2) is 6.90. The van der Waals surface area contributed by atoms with Gasteiger partial charge in [0, 0.05) is 11.4 Å². The van der Waals surface area contributed by atoms with Gasteiger partial charge in [-0.05, 0) is 38.2 Å². The zero-order valence-electron chi connectivity index (χ0n) is 13.9. The molecule has 0 fully saturated rings. The molecule has 2 aromatic heterocycles. The Bertz CT molecular complexity index is 893. The largest absolute Gasteiger partial charge is 0.356 e. The van der Waals surface area contributed by atoms with Crippen molar-refractivity contribution >= 4 is 27.5 Å². The van der Waals surface area contributed by atoms with Crippen LogP contribution in [-0.4, -0.2) is 28.1 Å². The van der Waals surface area contributed by atoms with E-state index in [0.29, 0.717) is 25.0 Å². The van der Waals surface area contributed by atoms with E-state index in [4.69, 9.17) is 0 Å². The van der Waals surface area contributed by atoms with Gasteiger partial charge in [-0.1, -0.05) is 0 Å². The number of aryl methyl sites for hydroxylation is 3. The monoisotopic (exact) mass is 351 g/mol. The van der Waals surface area contributed by atoms with Gasteiger partial charge < -0.3 is 11.1 Å². The second-order valence-electron chi connectivity index (χ2n) is 6.01. The Hall–Kier alpha value is -1.93. The lowest BCUT2D eigenvalue weighted by atomic mass is 9.97. The average Bonchev–Trinajstić information content (AvgIpc) is 2.96. The molecule has 0 aliphatic heterocycles. The van der Waals surface area contributed by atoms with Crippen LogP contribution in [-0.2, 0) is 30.7 Å². The molecule has 1 amide bonds. The van der Waals surface area contributed by atoms with Gasteiger partial charge in [0.15, 0.2) is 0 Å². The first kappa shape index (κ1) is 16.9. The van der Waals surface area contributed by atoms with Crippen LogP contribution >= 0.6 is 11.3 Å². The van der Waals surface area contributed by atoms with E-state index >= 15 is 0 Å². The molecule has 0 spiro atoms. The molecule has 0 saturated heterocycles. The summed E-state index contributed by atoms with van der Waals surface area (Å²) in [6, 6.07) is 0. The summed E-state index contributed by atoms with van der Waals surface area (Å²) >= 11 is 1.56. The zero-order chi connectivity index (χ0) is 17.3. The van der Waals surface area contributed by atoms with Gasteiger partial charge in [-0.2, -0.15) is 0 Å². The fraction of sp³-hybridized carbons (Fsp3) is 0.562. The first-order valence-electron chi connectivity index (χ1n) is 8.42. The van der Waals surface area contributed by atoms with Crippen LogP contribution in [0.3, 0.4) is 0 Å². The number of quaternary nitrogens is 1. The number of fused-ring (bicyclic) bond motifs is 3. The Morgan fingerprint density at radius 3 is 2.71 bits per heavy atom. The van der Waals surface area contributed by atoms with Crippen molar-refractivity contribution in [2.24, 2.45) is 0 Å². The number of carbonyl (C=O) groups is 1. The van der Waals surface area contributed by atoms with Crippen molar-refractivity contribution in [3.8, 4) is 0 Å². The van der Waals surface area contributed by atoms with E-state index in [1.54, 1.807) is 15.9 Å². The molecular weight excluding hydrogens is 328 g/mol. The number of rotatable bonds is 5. The van der Waals surface area contributed by atoms with Gasteiger partial charge in [0.05, 0.1) is 18.5 Å². The first-order valence-corrected chi connectivity index (χ1v) is 9.24. The second-order valence-corrected chi connectivity index (χ2v) is 7.10. The highest BCUT2D eigenvalue weighted by molar-refractivity contribution is 7.18. The number of carbonyl (C=O) groups excluding carboxylic acids is 1. The van der Waals surface area contributed by atoms with Crippen molar-refractivity contribution < 1.29 is 10.5 Å². The molecule has 3 rings (SSSR count). The van der Waals surface area contributed by atoms with Crippen LogP contribution in [0.15, 0.2) is 9.59 Å². The number of aromatic nitrogens is 2. The van der Waals surface area contributed by atoms with Gasteiger partial charge in [0.2, 0.25) is 5.91 Å². The van der Waals surface area contributed by atoms with Crippen LogP contribution < -0.4 is 22.3 Å². The summed E-state index contributed by atoms with van der Waals surface area (Å²) in [7, 11) is 0. The minimum Gasteiger partial charge on any atom is -0.356 e. The molecule has 2 heterocycles. The quantitative estimate of drug-likeness (QED) is 0.758. The van der Waals surface area contributed by atoms with E-state index in [9.17, 15) is 14.4 Å². The fourth-order valence-electron chi connectivity index (χ4n) is 3.26. The molecule has 1 aliphatic rings. The molecule has 4 N–H and O–H groups in total. The molecule has 0 radical (unpaired) electrons. The average molecular weight is 351 g/mol. The molecule has 7 nitrogen and oxygen atoms in total. The van der Waals surface area contributed by atoms with Gasteiger partial charge in [0.1, 0.15) is 11.4 Å². The van der Waals surface area contributed by atoms with Crippen LogP contribution in [0.5, 0.6) is 0 Å². The SMILES string of the molecule is CCn1c(=O)n(CC(=O)NCC[NH3+])c(=O)c2c3c(sc21)CCCC3. The molecule has 0 saturated carbocycles. The van der Waals surface area contributed by atoms with Crippen molar-refractivity contribution in [3.05, 3.63) is 31.3 Å². The molecule has 0 aromatic carbocycles. The number of amides is 1. The summed E-state index contributed by atoms with van der Waals surface area (Å²) in [4.78, 5) is 39.6. The summed E-state index contributed by atoms with van der Waals surface area (Å²) < 4.78 is 2.69. The maximum Gasteiger partial charge on any atom is 0.332 e. The van der Waals surface area contributed by atoms with E-state index in [1.807, 2.05) is 6.92 Å². The lowest BCUT2D eigenvalue weighted by molar-refractivity contribution is -0.364. The van der Waals surface area contributed by atoms with E-state index in [0.717, 1.165) is 40.6 Å². The molecule has 1 aliphatic carbocycles. The summed E-state index contributed by atoms with van der Waals surface area (Å²) in [5.74, 6) is -0.330. The van der Waals surface area contributed by atoms with Gasteiger partial charge in [-0.3, -0.25) is 18.7 Å². The van der Waals surface area contributed by atoms with E-state index in [-0.39, 0.29) is 18.0 Å². The van der Waals surface area contributed by atoms with Gasteiger partial charge in [-0.15, -0.1) is 11.3 Å². The van der Waals surface area contributed by atoms with E-state index in [2.05, 4.69) is 11.1 Å². The van der Waals surface area contributed by atoms with Crippen molar-refractivity contribution in [1.29, 1.82) is 0 Å². The van der Waals surface area contributed by atoms with E-state index < -0.39 is 5.69 Å². The molecule has 0 unspecified atom stereocenters. The molecule has 8 heteroatoms. The Morgan fingerprint density at radius 1 is 1.25 bits per heavy atom. The molecular formula is C16H23N4O3S+. The third-order valence-corrected chi connectivity index (χ3v) is 5.75. The summed E-state index contributed by atoms with van der Waals surface area (Å²) in [5.41, 5.74) is 4.01. The van der Waals surface area contributed by atoms with Crippen LogP contribution in [0, 0.1) is 0 Å². The third-order valence-electron chi connectivity index (χ3n) is 4.44. The Balaban J connectivity index is 2.17. The smallest absolute Gasteiger partial charge is 0.332 e. The van der Waals surface area contributed by atoms with E-state index in [1.165, 1.54) is 4.88 Å². The number of hydrogen-bond donors (Lipinski definition) is 2. The summed E-state index contributed by atoms with van der Waals surface area (Å²) in [5, 5.41) is 3.31. The van der Waals surface area contributed by atoms with Crippen molar-refractivity contribution in [1.82, 2.24) is 14.5 Å². The summed E-state index contributed by atoms with van der Waals surface area (Å²) in [6.07, 6.45) is 4.03. The van der Waals surface area contributed by atoms with Crippen molar-refractivity contribution in [2.45, 2.75) is 45.7 Å². The Morgan fingerprint density at radius 2 is 2.00 bits per heavy atom. The standard InChI is InChI=1S/C16H22N4O3S/c1-2-19-15-13(10-5-3-4-6-11(10)24-15)14(22)20(16(19)23)9-12(21)18-8-7-17/h2-9,17H2,1H3,(H,18,21)/p+1. The van der Waals surface area contributed by atoms with Gasteiger partial charge >= 0.3 is 5.69 Å². The predicted molar refractivity (Wildman–Crippen MR) is 93.4 cm³/mol. The molecule has 24 heavy (non-hydrogen) atoms. The number of nitrogens with zero attached hydrogens (tertiary/aromatic N) is 2. The minimum atomic E-state index is -0.404. The van der Waals surface area contributed by atoms with Crippen LogP contribution in [0.25, 0.3) is 10.2 Å². The number of nitrogens with one attached hydrogen (secondary N) is 1. The fourth-order valence-corrected chi connectivity index (χ4v) is 4.70. The van der Waals surface area contributed by atoms with Crippen molar-refractivity contribution in [2.75, 3.05) is 13.1 Å². The normalized spacial score (nSPS) is 13.9. The lowest BCUT2D eigenvalue weighted by Crippen LogP contribution is -2.55. The lowest BCUT2D eigenvalue weighted by Gasteiger charge is -2.12. The molecule has 130 valence electrons. The van der Waals surface area contributed by atoms with Crippen molar-refractivity contribution in [3.63, 3.8) is 0 Å². The molecule has 0 atom stereocenters. The van der Waals surface area contributed by atoms with Crippen LogP contribution in [0.2, 0.25) is 0 Å². The maximum absolute atomic E-state index is 12.9. The topological polar surface area (TPSA) is 101 Å². The predicted octanol–water partition coefficient (Wildman–Crippen LogP) is -0.518. The zero-order valence-corrected chi connectivity index (χ0v) is 14.7. The van der Waals surface area contributed by atoms with Gasteiger partial charge in [0.25, 0.3) is 5.56 Å². The minimum absolute atomic E-state index is 0.238. The first-order chi connectivity index (χ1) is 11.6. The Kier molecular flexibility index (Phi) is 4.86. The summed E-state index contributed by atoms with van der Waals surface area (Å²) in [6.45, 7) is 3.13. The number of hydrogen-bond acceptors (Lipinski definition) is 4. The highest BCUT2D eigenvalue weighted by Crippen LogP contribution is 2.34. The maximum atomic E-state index is 12.9. The van der Waals surface area contributed by atoms with Crippen LogP contribution in [0.4, 0.5) is 0 Å². The molecule has 2 aromatic rings. The highest BCUT2D eigenvalue weighted by atomic mass is 32.1. The van der Waals surface area contributed by atoms with Gasteiger partial charge in [-0.25, -0.2) is 4.79 Å². The third kappa shape index (κ3) is 2.80. The molecule has 0 bridgehead atoms.